The van der Waals surface area contributed by atoms with Gasteiger partial charge in [0, 0.05) is 43.7 Å². The smallest absolute Gasteiger partial charge is 0.227 e. The lowest BCUT2D eigenvalue weighted by molar-refractivity contribution is -0.120. The van der Waals surface area contributed by atoms with Crippen molar-refractivity contribution >= 4 is 41.5 Å². The van der Waals surface area contributed by atoms with Gasteiger partial charge in [-0.05, 0) is 37.0 Å². The van der Waals surface area contributed by atoms with E-state index in [1.807, 2.05) is 24.3 Å². The topological polar surface area (TPSA) is 91.6 Å². The summed E-state index contributed by atoms with van der Waals surface area (Å²) in [6.45, 7) is 5.37. The van der Waals surface area contributed by atoms with Gasteiger partial charge in [0.25, 0.3) is 0 Å². The number of carbonyl (C=O) groups excluding carboxylic acids is 1. The Kier molecular flexibility index (Phi) is 11.0. The van der Waals surface area contributed by atoms with Crippen LogP contribution in [0.5, 0.6) is 0 Å². The molecule has 0 bridgehead atoms. The van der Waals surface area contributed by atoms with Crippen LogP contribution in [0.15, 0.2) is 33.8 Å². The first-order valence-corrected chi connectivity index (χ1v) is 11.4. The highest BCUT2D eigenvalue weighted by atomic mass is 127. The van der Waals surface area contributed by atoms with Crippen molar-refractivity contribution < 1.29 is 9.32 Å². The number of rotatable bonds is 8. The van der Waals surface area contributed by atoms with E-state index in [0.29, 0.717) is 19.0 Å². The fourth-order valence-electron chi connectivity index (χ4n) is 4.08. The predicted octanol–water partition coefficient (Wildman–Crippen LogP) is 4.80. The number of amides is 1. The standard InChI is InChI=1S/C24H35N5O2.HI/c1-4-21-20(22(5-2)31-29-21)16-27-24(25-3)26-15-17-10-9-13-19(14-17)28-23(30)18-11-7-6-8-12-18;/h9-10,13-14,18H,4-8,11-12,15-16H2,1-3H3,(H,28,30)(H2,25,26,27);1H. The first kappa shape index (κ1) is 26.2. The fraction of sp³-hybridized carbons (Fsp3) is 0.542. The molecule has 1 aromatic heterocycles. The molecule has 0 spiro atoms. The third-order valence-corrected chi connectivity index (χ3v) is 5.89. The lowest BCUT2D eigenvalue weighted by atomic mass is 9.88. The summed E-state index contributed by atoms with van der Waals surface area (Å²) in [5.74, 6) is 1.93. The molecule has 1 aliphatic rings. The Labute approximate surface area is 208 Å². The number of nitrogens with zero attached hydrogens (tertiary/aromatic N) is 2. The molecule has 0 saturated heterocycles. The van der Waals surface area contributed by atoms with Crippen LogP contribution in [-0.4, -0.2) is 24.1 Å². The Hall–Kier alpha value is -2.10. The van der Waals surface area contributed by atoms with E-state index in [2.05, 4.69) is 39.9 Å². The zero-order chi connectivity index (χ0) is 22.1. The molecule has 1 aliphatic carbocycles. The van der Waals surface area contributed by atoms with Gasteiger partial charge < -0.3 is 20.5 Å². The normalized spacial score (nSPS) is 14.5. The Balaban J connectivity index is 0.00000363. The Bertz CT molecular complexity index is 869. The van der Waals surface area contributed by atoms with Gasteiger partial charge in [0.05, 0.1) is 5.69 Å². The lowest BCUT2D eigenvalue weighted by Gasteiger charge is -2.21. The second-order valence-corrected chi connectivity index (χ2v) is 8.04. The van der Waals surface area contributed by atoms with Crippen LogP contribution in [0.2, 0.25) is 0 Å². The Morgan fingerprint density at radius 3 is 2.56 bits per heavy atom. The minimum absolute atomic E-state index is 0. The van der Waals surface area contributed by atoms with Crippen molar-refractivity contribution in [2.45, 2.75) is 71.9 Å². The monoisotopic (exact) mass is 553 g/mol. The number of aliphatic imine (C=N–C) groups is 1. The molecule has 1 heterocycles. The minimum Gasteiger partial charge on any atom is -0.361 e. The maximum absolute atomic E-state index is 12.5. The van der Waals surface area contributed by atoms with Gasteiger partial charge in [0.15, 0.2) is 5.96 Å². The predicted molar refractivity (Wildman–Crippen MR) is 139 cm³/mol. The average Bonchev–Trinajstić information content (AvgIpc) is 3.22. The van der Waals surface area contributed by atoms with Gasteiger partial charge in [-0.1, -0.05) is 50.4 Å². The minimum atomic E-state index is 0. The van der Waals surface area contributed by atoms with Crippen LogP contribution in [0.25, 0.3) is 0 Å². The van der Waals surface area contributed by atoms with Crippen molar-refractivity contribution in [2.24, 2.45) is 10.9 Å². The number of carbonyl (C=O) groups is 1. The first-order valence-electron chi connectivity index (χ1n) is 11.4. The van der Waals surface area contributed by atoms with Crippen LogP contribution in [0.4, 0.5) is 5.69 Å². The van der Waals surface area contributed by atoms with E-state index in [1.165, 1.54) is 6.42 Å². The Morgan fingerprint density at radius 1 is 1.12 bits per heavy atom. The van der Waals surface area contributed by atoms with Crippen LogP contribution in [0, 0.1) is 5.92 Å². The molecule has 0 radical (unpaired) electrons. The maximum atomic E-state index is 12.5. The van der Waals surface area contributed by atoms with E-state index in [1.54, 1.807) is 7.05 Å². The molecule has 0 atom stereocenters. The van der Waals surface area contributed by atoms with Crippen LogP contribution < -0.4 is 16.0 Å². The SMILES string of the molecule is CCc1noc(CC)c1CNC(=NC)NCc1cccc(NC(=O)C2CCCCC2)c1.I. The molecule has 8 heteroatoms. The van der Waals surface area contributed by atoms with Crippen molar-refractivity contribution in [3.05, 3.63) is 46.8 Å². The summed E-state index contributed by atoms with van der Waals surface area (Å²) in [6, 6.07) is 7.98. The number of aromatic nitrogens is 1. The van der Waals surface area contributed by atoms with Gasteiger partial charge in [-0.2, -0.15) is 0 Å². The van der Waals surface area contributed by atoms with Gasteiger partial charge in [0.1, 0.15) is 5.76 Å². The molecule has 0 unspecified atom stereocenters. The molecular weight excluding hydrogens is 517 g/mol. The fourth-order valence-corrected chi connectivity index (χ4v) is 4.08. The van der Waals surface area contributed by atoms with Crippen molar-refractivity contribution in [3.63, 3.8) is 0 Å². The molecule has 0 aliphatic heterocycles. The number of nitrogens with one attached hydrogen (secondary N) is 3. The molecule has 1 amide bonds. The second-order valence-electron chi connectivity index (χ2n) is 8.04. The zero-order valence-electron chi connectivity index (χ0n) is 19.4. The molecule has 176 valence electrons. The third-order valence-electron chi connectivity index (χ3n) is 5.89. The van der Waals surface area contributed by atoms with Crippen molar-refractivity contribution in [3.8, 4) is 0 Å². The number of aryl methyl sites for hydroxylation is 2. The van der Waals surface area contributed by atoms with Gasteiger partial charge in [-0.15, -0.1) is 24.0 Å². The van der Waals surface area contributed by atoms with E-state index in [0.717, 1.165) is 66.8 Å². The maximum Gasteiger partial charge on any atom is 0.227 e. The highest BCUT2D eigenvalue weighted by molar-refractivity contribution is 14.0. The molecule has 2 aromatic rings. The van der Waals surface area contributed by atoms with Crippen LogP contribution in [0.1, 0.15) is 68.5 Å². The lowest BCUT2D eigenvalue weighted by Crippen LogP contribution is -2.36. The molecular formula is C24H36IN5O2. The van der Waals surface area contributed by atoms with Crippen LogP contribution in [-0.2, 0) is 30.7 Å². The van der Waals surface area contributed by atoms with Crippen molar-refractivity contribution in [1.82, 2.24) is 15.8 Å². The second kappa shape index (κ2) is 13.4. The molecule has 1 fully saturated rings. The summed E-state index contributed by atoms with van der Waals surface area (Å²) in [7, 11) is 1.76. The van der Waals surface area contributed by atoms with Crippen molar-refractivity contribution in [2.75, 3.05) is 12.4 Å². The van der Waals surface area contributed by atoms with Crippen LogP contribution >= 0.6 is 24.0 Å². The highest BCUT2D eigenvalue weighted by Crippen LogP contribution is 2.25. The van der Waals surface area contributed by atoms with Crippen LogP contribution in [0.3, 0.4) is 0 Å². The van der Waals surface area contributed by atoms with Gasteiger partial charge in [0.2, 0.25) is 5.91 Å². The largest absolute Gasteiger partial charge is 0.361 e. The molecule has 3 rings (SSSR count). The number of guanidine groups is 1. The summed E-state index contributed by atoms with van der Waals surface area (Å²) >= 11 is 0. The molecule has 7 nitrogen and oxygen atoms in total. The Morgan fingerprint density at radius 2 is 1.88 bits per heavy atom. The highest BCUT2D eigenvalue weighted by Gasteiger charge is 2.21. The average molecular weight is 553 g/mol. The summed E-state index contributed by atoms with van der Waals surface area (Å²) in [6.07, 6.45) is 7.21. The van der Waals surface area contributed by atoms with E-state index < -0.39 is 0 Å². The summed E-state index contributed by atoms with van der Waals surface area (Å²) in [4.78, 5) is 16.8. The quantitative estimate of drug-likeness (QED) is 0.248. The summed E-state index contributed by atoms with van der Waals surface area (Å²) in [5.41, 5.74) is 4.03. The van der Waals surface area contributed by atoms with Gasteiger partial charge in [-0.3, -0.25) is 9.79 Å². The van der Waals surface area contributed by atoms with E-state index >= 15 is 0 Å². The third kappa shape index (κ3) is 7.21. The number of halogens is 1. The number of hydrogen-bond donors (Lipinski definition) is 3. The van der Waals surface area contributed by atoms with Crippen molar-refractivity contribution in [1.29, 1.82) is 0 Å². The molecule has 1 saturated carbocycles. The summed E-state index contributed by atoms with van der Waals surface area (Å²) < 4.78 is 5.43. The van der Waals surface area contributed by atoms with E-state index in [9.17, 15) is 4.79 Å². The molecule has 32 heavy (non-hydrogen) atoms. The summed E-state index contributed by atoms with van der Waals surface area (Å²) in [5, 5.41) is 13.9. The number of hydrogen-bond acceptors (Lipinski definition) is 4. The van der Waals surface area contributed by atoms with Gasteiger partial charge >= 0.3 is 0 Å². The first-order chi connectivity index (χ1) is 15.1. The van der Waals surface area contributed by atoms with E-state index in [4.69, 9.17) is 4.52 Å². The van der Waals surface area contributed by atoms with Gasteiger partial charge in [-0.25, -0.2) is 0 Å². The van der Waals surface area contributed by atoms with E-state index in [-0.39, 0.29) is 35.8 Å². The zero-order valence-corrected chi connectivity index (χ0v) is 21.7. The number of benzene rings is 1. The molecule has 3 N–H and O–H groups in total. The molecule has 1 aromatic carbocycles. The number of anilines is 1.